The summed E-state index contributed by atoms with van der Waals surface area (Å²) in [6.45, 7) is 15.0. The topological polar surface area (TPSA) is 171 Å². The molecule has 5 atom stereocenters. The second-order valence-electron chi connectivity index (χ2n) is 17.5. The number of nitrogens with zero attached hydrogens (tertiary/aromatic N) is 1. The number of nitrogens with one attached hydrogen (secondary N) is 4. The minimum atomic E-state index is -3.58. The molecule has 290 valence electrons. The molecule has 52 heavy (non-hydrogen) atoms. The van der Waals surface area contributed by atoms with Crippen LogP contribution in [0.2, 0.25) is 0 Å². The molecule has 2 unspecified atom stereocenters. The number of amides is 5. The molecule has 1 saturated heterocycles. The van der Waals surface area contributed by atoms with Crippen molar-refractivity contribution in [2.24, 2.45) is 22.7 Å². The lowest BCUT2D eigenvalue weighted by molar-refractivity contribution is -0.146. The number of hydrogen-bond donors (Lipinski definition) is 4. The van der Waals surface area contributed by atoms with Crippen molar-refractivity contribution in [3.63, 3.8) is 0 Å². The molecule has 0 aromatic rings. The quantitative estimate of drug-likeness (QED) is 0.119. The van der Waals surface area contributed by atoms with E-state index in [-0.39, 0.29) is 48.3 Å². The lowest BCUT2D eigenvalue weighted by Gasteiger charge is -2.44. The number of hydrogen-bond acceptors (Lipinski definition) is 7. The molecule has 12 nitrogen and oxygen atoms in total. The molecule has 13 heteroatoms. The van der Waals surface area contributed by atoms with Gasteiger partial charge in [0.2, 0.25) is 17.6 Å². The van der Waals surface area contributed by atoms with Gasteiger partial charge < -0.3 is 26.2 Å². The molecule has 1 aliphatic heterocycles. The molecule has 5 amide bonds. The van der Waals surface area contributed by atoms with Gasteiger partial charge in [-0.25, -0.2) is 13.2 Å². The van der Waals surface area contributed by atoms with Gasteiger partial charge in [0.25, 0.3) is 5.91 Å². The van der Waals surface area contributed by atoms with E-state index in [1.807, 2.05) is 6.92 Å². The number of urea groups is 1. The Balaban J connectivity index is 1.62. The van der Waals surface area contributed by atoms with E-state index in [1.54, 1.807) is 25.7 Å². The maximum Gasteiger partial charge on any atom is 0.315 e. The number of rotatable bonds is 14. The molecule has 0 bridgehead atoms. The fraction of sp³-hybridized carbons (Fsp3) is 0.769. The maximum absolute atomic E-state index is 14.9. The Hall–Kier alpha value is -3.40. The van der Waals surface area contributed by atoms with Gasteiger partial charge in [0.05, 0.1) is 22.1 Å². The summed E-state index contributed by atoms with van der Waals surface area (Å²) in [5.41, 5.74) is -1.81. The molecular formula is C39H61N5O7S. The Bertz CT molecular complexity index is 1550. The first kappa shape index (κ1) is 41.4. The van der Waals surface area contributed by atoms with E-state index in [0.717, 1.165) is 38.5 Å². The van der Waals surface area contributed by atoms with Crippen LogP contribution in [0.3, 0.4) is 0 Å². The number of terminal acetylenes is 1. The van der Waals surface area contributed by atoms with Gasteiger partial charge in [-0.3, -0.25) is 19.2 Å². The van der Waals surface area contributed by atoms with Gasteiger partial charge in [-0.1, -0.05) is 65.4 Å². The molecule has 3 saturated carbocycles. The van der Waals surface area contributed by atoms with E-state index < -0.39 is 67.3 Å². The molecule has 0 aromatic heterocycles. The lowest BCUT2D eigenvalue weighted by Crippen LogP contribution is -2.65. The minimum absolute atomic E-state index is 0.0321. The van der Waals surface area contributed by atoms with Crippen LogP contribution in [0.1, 0.15) is 119 Å². The number of ketones is 1. The summed E-state index contributed by atoms with van der Waals surface area (Å²) < 4.78 is 25.9. The summed E-state index contributed by atoms with van der Waals surface area (Å²) >= 11 is 0. The van der Waals surface area contributed by atoms with Gasteiger partial charge in [0, 0.05) is 19.5 Å². The van der Waals surface area contributed by atoms with Crippen molar-refractivity contribution in [3.8, 4) is 12.3 Å². The van der Waals surface area contributed by atoms with Crippen LogP contribution in [-0.2, 0) is 29.0 Å². The monoisotopic (exact) mass is 743 g/mol. The molecule has 0 radical (unpaired) electrons. The first-order valence-corrected chi connectivity index (χ1v) is 20.7. The molecule has 0 aromatic carbocycles. The van der Waals surface area contributed by atoms with E-state index in [0.29, 0.717) is 32.2 Å². The molecule has 4 N–H and O–H groups in total. The predicted molar refractivity (Wildman–Crippen MR) is 200 cm³/mol. The SMILES string of the molecule is C#CCCC(NC(=O)[C@@H]1C2[C@H](CN1C(=O)[C@@H](NC(=O)NC1(CS(=O)(=O)C(C)(C)C)CCCCC1)C1(C)CCCCC1)C2(C)C)C(=O)C(=O)NCC=C. The van der Waals surface area contributed by atoms with Gasteiger partial charge in [-0.05, 0) is 75.5 Å². The van der Waals surface area contributed by atoms with Crippen molar-refractivity contribution in [2.45, 2.75) is 147 Å². The molecule has 4 aliphatic rings. The Morgan fingerprint density at radius 1 is 0.962 bits per heavy atom. The van der Waals surface area contributed by atoms with E-state index >= 15 is 0 Å². The number of carbonyl (C=O) groups excluding carboxylic acids is 5. The van der Waals surface area contributed by atoms with Crippen LogP contribution < -0.4 is 21.3 Å². The highest BCUT2D eigenvalue weighted by Crippen LogP contribution is 2.65. The van der Waals surface area contributed by atoms with Crippen molar-refractivity contribution < 1.29 is 32.4 Å². The Morgan fingerprint density at radius 3 is 2.12 bits per heavy atom. The highest BCUT2D eigenvalue weighted by molar-refractivity contribution is 7.92. The Kier molecular flexibility index (Phi) is 12.7. The summed E-state index contributed by atoms with van der Waals surface area (Å²) in [6, 6.07) is -3.68. The normalized spacial score (nSPS) is 25.6. The van der Waals surface area contributed by atoms with E-state index in [1.165, 1.54) is 6.08 Å². The van der Waals surface area contributed by atoms with Gasteiger partial charge in [0.1, 0.15) is 12.1 Å². The number of carbonyl (C=O) groups is 5. The number of Topliss-reactive ketones (excluding diaryl/α,β-unsaturated/α-hetero) is 1. The summed E-state index contributed by atoms with van der Waals surface area (Å²) in [5, 5.41) is 11.3. The standard InChI is InChI=1S/C39H61N5O7S/c1-9-11-18-27(30(45)33(47)40-23-10-2)41-32(46)29-28-26(37(28,6)7)24-44(29)34(48)31(38(8)19-14-12-15-20-38)42-35(49)43-39(21-16-13-17-22-39)25-52(50,51)36(3,4)5/h1,10,26-29,31H,2,11-25H2,3-8H3,(H,40,47)(H,41,46)(H2,42,43,49)/t26-,27?,28?,29-,31+/m0/s1. The molecule has 4 rings (SSSR count). The van der Waals surface area contributed by atoms with Crippen molar-refractivity contribution in [3.05, 3.63) is 12.7 Å². The van der Waals surface area contributed by atoms with Gasteiger partial charge in [0.15, 0.2) is 9.84 Å². The average molecular weight is 744 g/mol. The average Bonchev–Trinajstić information content (AvgIpc) is 3.37. The Morgan fingerprint density at radius 2 is 1.56 bits per heavy atom. The highest BCUT2D eigenvalue weighted by Gasteiger charge is 2.70. The summed E-state index contributed by atoms with van der Waals surface area (Å²) in [7, 11) is -3.58. The van der Waals surface area contributed by atoms with Gasteiger partial charge in [-0.15, -0.1) is 18.9 Å². The van der Waals surface area contributed by atoms with Crippen LogP contribution in [0.4, 0.5) is 4.79 Å². The first-order chi connectivity index (χ1) is 24.2. The fourth-order valence-electron chi connectivity index (χ4n) is 8.85. The zero-order chi connectivity index (χ0) is 38.7. The van der Waals surface area contributed by atoms with Crippen molar-refractivity contribution in [1.29, 1.82) is 0 Å². The summed E-state index contributed by atoms with van der Waals surface area (Å²) in [4.78, 5) is 70.4. The van der Waals surface area contributed by atoms with E-state index in [2.05, 4.69) is 47.6 Å². The molecule has 0 spiro atoms. The van der Waals surface area contributed by atoms with Crippen LogP contribution >= 0.6 is 0 Å². The number of piperidine rings is 1. The number of sulfone groups is 1. The third-order valence-electron chi connectivity index (χ3n) is 12.4. The third-order valence-corrected chi connectivity index (χ3v) is 15.2. The summed E-state index contributed by atoms with van der Waals surface area (Å²) in [5.74, 6) is -0.485. The number of fused-ring (bicyclic) bond motifs is 1. The van der Waals surface area contributed by atoms with E-state index in [9.17, 15) is 32.4 Å². The highest BCUT2D eigenvalue weighted by atomic mass is 32.2. The first-order valence-electron chi connectivity index (χ1n) is 19.0. The molecule has 1 heterocycles. The Labute approximate surface area is 310 Å². The minimum Gasteiger partial charge on any atom is -0.346 e. The summed E-state index contributed by atoms with van der Waals surface area (Å²) in [6.07, 6.45) is 14.8. The molecular weight excluding hydrogens is 683 g/mol. The van der Waals surface area contributed by atoms with Crippen LogP contribution in [0.15, 0.2) is 12.7 Å². The van der Waals surface area contributed by atoms with Crippen molar-refractivity contribution in [2.75, 3.05) is 18.8 Å². The van der Waals surface area contributed by atoms with E-state index in [4.69, 9.17) is 6.42 Å². The molecule has 4 fully saturated rings. The lowest BCUT2D eigenvalue weighted by atomic mass is 9.70. The van der Waals surface area contributed by atoms with Gasteiger partial charge in [-0.2, -0.15) is 0 Å². The third kappa shape index (κ3) is 8.86. The zero-order valence-corrected chi connectivity index (χ0v) is 32.9. The maximum atomic E-state index is 14.9. The van der Waals surface area contributed by atoms with Gasteiger partial charge >= 0.3 is 6.03 Å². The number of likely N-dealkylation sites (tertiary alicyclic amines) is 1. The molecule has 3 aliphatic carbocycles. The van der Waals surface area contributed by atoms with Crippen LogP contribution in [0, 0.1) is 35.0 Å². The van der Waals surface area contributed by atoms with Crippen LogP contribution in [0.25, 0.3) is 0 Å². The second-order valence-corrected chi connectivity index (χ2v) is 20.3. The van der Waals surface area contributed by atoms with Crippen LogP contribution in [-0.4, -0.2) is 90.1 Å². The smallest absolute Gasteiger partial charge is 0.315 e. The fourth-order valence-corrected chi connectivity index (χ4v) is 10.4. The van der Waals surface area contributed by atoms with Crippen LogP contribution in [0.5, 0.6) is 0 Å². The van der Waals surface area contributed by atoms with Crippen molar-refractivity contribution >= 4 is 39.4 Å². The predicted octanol–water partition coefficient (Wildman–Crippen LogP) is 3.79. The second kappa shape index (κ2) is 15.9. The van der Waals surface area contributed by atoms with Crippen molar-refractivity contribution in [1.82, 2.24) is 26.2 Å². The largest absolute Gasteiger partial charge is 0.346 e. The zero-order valence-electron chi connectivity index (χ0n) is 32.1.